The fourth-order valence-electron chi connectivity index (χ4n) is 1.39. The summed E-state index contributed by atoms with van der Waals surface area (Å²) >= 11 is 0. The van der Waals surface area contributed by atoms with Crippen LogP contribution in [0.2, 0.25) is 0 Å². The van der Waals surface area contributed by atoms with Gasteiger partial charge in [0.15, 0.2) is 0 Å². The highest BCUT2D eigenvalue weighted by Crippen LogP contribution is 1.90. The summed E-state index contributed by atoms with van der Waals surface area (Å²) in [5, 5.41) is 2.35. The summed E-state index contributed by atoms with van der Waals surface area (Å²) in [6.07, 6.45) is 5.04. The van der Waals surface area contributed by atoms with Crippen LogP contribution in [0.4, 0.5) is 0 Å². The van der Waals surface area contributed by atoms with Crippen molar-refractivity contribution in [3.8, 4) is 0 Å². The van der Waals surface area contributed by atoms with Crippen LogP contribution in [0.5, 0.6) is 0 Å². The highest BCUT2D eigenvalue weighted by atomic mass is 15.0. The number of nitrogens with one attached hydrogen (secondary N) is 1. The van der Waals surface area contributed by atoms with Gasteiger partial charge in [0.2, 0.25) is 0 Å². The molecule has 0 aromatic carbocycles. The van der Waals surface area contributed by atoms with Crippen LogP contribution >= 0.6 is 0 Å². The minimum atomic E-state index is 1.05. The van der Waals surface area contributed by atoms with Crippen molar-refractivity contribution in [3.63, 3.8) is 0 Å². The van der Waals surface area contributed by atoms with Crippen LogP contribution in [0.15, 0.2) is 24.5 Å². The van der Waals surface area contributed by atoms with E-state index in [0.717, 1.165) is 6.54 Å². The lowest BCUT2D eigenvalue weighted by molar-refractivity contribution is -0.860. The molecule has 0 bridgehead atoms. The van der Waals surface area contributed by atoms with Crippen LogP contribution in [-0.4, -0.2) is 32.2 Å². The van der Waals surface area contributed by atoms with Crippen LogP contribution < -0.4 is 10.2 Å². The summed E-state index contributed by atoms with van der Waals surface area (Å²) in [6, 6.07) is 4.12. The van der Waals surface area contributed by atoms with Gasteiger partial charge in [-0.25, -0.2) is 0 Å². The van der Waals surface area contributed by atoms with Crippen LogP contribution in [-0.2, 0) is 6.54 Å². The zero-order chi connectivity index (χ0) is 10.2. The molecule has 1 aromatic rings. The third-order valence-corrected chi connectivity index (χ3v) is 2.19. The molecule has 3 N–H and O–H groups in total. The van der Waals surface area contributed by atoms with Crippen molar-refractivity contribution in [1.29, 1.82) is 0 Å². The molecule has 0 fully saturated rings. The molecule has 0 aliphatic heterocycles. The van der Waals surface area contributed by atoms with E-state index in [1.54, 1.807) is 0 Å². The summed E-state index contributed by atoms with van der Waals surface area (Å²) in [4.78, 5) is 5.62. The number of hydrogen-bond acceptors (Lipinski definition) is 1. The molecule has 0 aliphatic rings. The molecule has 1 heterocycles. The molecule has 0 saturated heterocycles. The van der Waals surface area contributed by atoms with Crippen molar-refractivity contribution >= 4 is 0 Å². The first-order valence-electron chi connectivity index (χ1n) is 5.28. The molecule has 1 aromatic heterocycles. The number of nitrogens with two attached hydrogens (primary N) is 1. The van der Waals surface area contributed by atoms with Crippen molar-refractivity contribution in [2.45, 2.75) is 13.0 Å². The summed E-state index contributed by atoms with van der Waals surface area (Å²) in [7, 11) is 4.39. The third-order valence-electron chi connectivity index (χ3n) is 2.19. The summed E-state index contributed by atoms with van der Waals surface area (Å²) in [5.74, 6) is 0. The van der Waals surface area contributed by atoms with E-state index in [1.807, 2.05) is 18.5 Å². The Labute approximate surface area is 86.2 Å². The maximum absolute atomic E-state index is 4.09. The Bertz CT molecular complexity index is 234. The lowest BCUT2D eigenvalue weighted by Crippen LogP contribution is -3.06. The van der Waals surface area contributed by atoms with E-state index in [2.05, 4.69) is 30.5 Å². The second-order valence-electron chi connectivity index (χ2n) is 3.95. The predicted octanol–water partition coefficient (Wildman–Crippen LogP) is -1.32. The Hall–Kier alpha value is -0.930. The molecule has 3 nitrogen and oxygen atoms in total. The Morgan fingerprint density at radius 3 is 2.93 bits per heavy atom. The molecule has 0 saturated carbocycles. The molecular weight excluding hydrogens is 174 g/mol. The topological polar surface area (TPSA) is 33.9 Å². The van der Waals surface area contributed by atoms with Gasteiger partial charge in [-0.05, 0) is 6.07 Å². The highest BCUT2D eigenvalue weighted by Gasteiger charge is 1.97. The quantitative estimate of drug-likeness (QED) is 0.543. The maximum Gasteiger partial charge on any atom is 0.103 e. The average Bonchev–Trinajstić information content (AvgIpc) is 2.18. The van der Waals surface area contributed by atoms with Gasteiger partial charge >= 0.3 is 0 Å². The van der Waals surface area contributed by atoms with Gasteiger partial charge in [-0.2, -0.15) is 0 Å². The number of rotatable bonds is 6. The second kappa shape index (κ2) is 6.51. The predicted molar refractivity (Wildman–Crippen MR) is 57.0 cm³/mol. The zero-order valence-electron chi connectivity index (χ0n) is 9.16. The van der Waals surface area contributed by atoms with E-state index >= 15 is 0 Å². The molecule has 78 valence electrons. The number of hydrogen-bond donors (Lipinski definition) is 2. The van der Waals surface area contributed by atoms with Gasteiger partial charge in [0.05, 0.1) is 27.2 Å². The van der Waals surface area contributed by atoms with Crippen LogP contribution in [0.1, 0.15) is 12.0 Å². The Kier molecular flexibility index (Phi) is 5.19. The number of quaternary nitrogens is 2. The maximum atomic E-state index is 4.09. The smallest absolute Gasteiger partial charge is 0.103 e. The van der Waals surface area contributed by atoms with Gasteiger partial charge in [-0.1, -0.05) is 6.07 Å². The Balaban J connectivity index is 2.05. The van der Waals surface area contributed by atoms with Gasteiger partial charge in [0.25, 0.3) is 0 Å². The van der Waals surface area contributed by atoms with Gasteiger partial charge in [0, 0.05) is 24.4 Å². The van der Waals surface area contributed by atoms with Crippen molar-refractivity contribution in [1.82, 2.24) is 4.98 Å². The monoisotopic (exact) mass is 195 g/mol. The Morgan fingerprint density at radius 1 is 1.43 bits per heavy atom. The van der Waals surface area contributed by atoms with E-state index in [0.29, 0.717) is 0 Å². The first-order valence-corrected chi connectivity index (χ1v) is 5.28. The Morgan fingerprint density at radius 2 is 2.29 bits per heavy atom. The molecular formula is C11H21N3+2. The number of nitrogens with zero attached hydrogens (tertiary/aromatic N) is 1. The lowest BCUT2D eigenvalue weighted by Gasteiger charge is -2.05. The van der Waals surface area contributed by atoms with E-state index < -0.39 is 0 Å². The summed E-state index contributed by atoms with van der Waals surface area (Å²) in [6.45, 7) is 3.51. The van der Waals surface area contributed by atoms with Crippen LogP contribution in [0.25, 0.3) is 0 Å². The zero-order valence-corrected chi connectivity index (χ0v) is 9.16. The van der Waals surface area contributed by atoms with Crippen molar-refractivity contribution < 1.29 is 10.2 Å². The SMILES string of the molecule is C[NH+](C)CCC[NH2+]Cc1cccnc1. The molecule has 0 aliphatic carbocycles. The molecule has 0 spiro atoms. The third kappa shape index (κ3) is 4.94. The molecule has 0 amide bonds. The molecule has 1 rings (SSSR count). The number of pyridine rings is 1. The van der Waals surface area contributed by atoms with Gasteiger partial charge in [0.1, 0.15) is 6.54 Å². The normalized spacial score (nSPS) is 10.8. The standard InChI is InChI=1S/C11H19N3/c1-14(2)8-4-7-13-10-11-5-3-6-12-9-11/h3,5-6,9,13H,4,7-8,10H2,1-2H3/p+2. The lowest BCUT2D eigenvalue weighted by atomic mass is 10.3. The fourth-order valence-corrected chi connectivity index (χ4v) is 1.39. The second-order valence-corrected chi connectivity index (χ2v) is 3.95. The van der Waals surface area contributed by atoms with Gasteiger partial charge in [-0.15, -0.1) is 0 Å². The molecule has 3 heteroatoms. The fraction of sp³-hybridized carbons (Fsp3) is 0.545. The van der Waals surface area contributed by atoms with Crippen LogP contribution in [0.3, 0.4) is 0 Å². The first kappa shape index (κ1) is 11.1. The van der Waals surface area contributed by atoms with Gasteiger partial charge < -0.3 is 10.2 Å². The summed E-state index contributed by atoms with van der Waals surface area (Å²) in [5.41, 5.74) is 1.31. The average molecular weight is 195 g/mol. The molecule has 0 atom stereocenters. The van der Waals surface area contributed by atoms with E-state index in [-0.39, 0.29) is 0 Å². The van der Waals surface area contributed by atoms with Crippen LogP contribution in [0, 0.1) is 0 Å². The minimum absolute atomic E-state index is 1.05. The van der Waals surface area contributed by atoms with E-state index in [4.69, 9.17) is 0 Å². The molecule has 0 radical (unpaired) electrons. The van der Waals surface area contributed by atoms with E-state index in [9.17, 15) is 0 Å². The molecule has 14 heavy (non-hydrogen) atoms. The van der Waals surface area contributed by atoms with E-state index in [1.165, 1.54) is 30.0 Å². The molecule has 0 unspecified atom stereocenters. The van der Waals surface area contributed by atoms with Crippen molar-refractivity contribution in [2.75, 3.05) is 27.2 Å². The highest BCUT2D eigenvalue weighted by molar-refractivity contribution is 5.06. The first-order chi connectivity index (χ1) is 6.79. The minimum Gasteiger partial charge on any atom is -0.342 e. The largest absolute Gasteiger partial charge is 0.342 e. The van der Waals surface area contributed by atoms with Crippen molar-refractivity contribution in [3.05, 3.63) is 30.1 Å². The van der Waals surface area contributed by atoms with Crippen molar-refractivity contribution in [2.24, 2.45) is 0 Å². The van der Waals surface area contributed by atoms with Gasteiger partial charge in [-0.3, -0.25) is 4.98 Å². The number of aromatic nitrogens is 1. The summed E-state index contributed by atoms with van der Waals surface area (Å²) < 4.78 is 0.